The first-order valence-corrected chi connectivity index (χ1v) is 11.0. The lowest BCUT2D eigenvalue weighted by Crippen LogP contribution is -2.35. The van der Waals surface area contributed by atoms with Gasteiger partial charge in [-0.15, -0.1) is 0 Å². The Kier molecular flexibility index (Phi) is 5.13. The van der Waals surface area contributed by atoms with E-state index in [-0.39, 0.29) is 11.9 Å². The van der Waals surface area contributed by atoms with Crippen LogP contribution in [-0.2, 0) is 11.2 Å². The molecular weight excluding hydrogens is 328 g/mol. The van der Waals surface area contributed by atoms with E-state index in [1.807, 2.05) is 12.1 Å². The van der Waals surface area contributed by atoms with Crippen molar-refractivity contribution < 1.29 is 9.53 Å². The number of thioether (sulfide) groups is 1. The van der Waals surface area contributed by atoms with Crippen LogP contribution in [0.3, 0.4) is 0 Å². The molecule has 2 saturated carbocycles. The lowest BCUT2D eigenvalue weighted by atomic mass is 9.67. The van der Waals surface area contributed by atoms with Crippen LogP contribution in [0.5, 0.6) is 5.75 Å². The minimum Gasteiger partial charge on any atom is -0.426 e. The van der Waals surface area contributed by atoms with Crippen LogP contribution in [0.15, 0.2) is 24.3 Å². The molecule has 25 heavy (non-hydrogen) atoms. The molecule has 3 aliphatic rings. The molecule has 2 aliphatic carbocycles. The lowest BCUT2D eigenvalue weighted by molar-refractivity contribution is -0.141. The van der Waals surface area contributed by atoms with Gasteiger partial charge in [-0.25, -0.2) is 0 Å². The summed E-state index contributed by atoms with van der Waals surface area (Å²) in [5, 5.41) is 1.87. The molecule has 5 atom stereocenters. The molecule has 5 unspecified atom stereocenters. The number of rotatable bonds is 5. The first-order valence-electron chi connectivity index (χ1n) is 10.0. The largest absolute Gasteiger partial charge is 0.426 e. The van der Waals surface area contributed by atoms with Gasteiger partial charge in [0.15, 0.2) is 0 Å². The third-order valence-electron chi connectivity index (χ3n) is 6.38. The first-order chi connectivity index (χ1) is 12.1. The van der Waals surface area contributed by atoms with Crippen molar-refractivity contribution >= 4 is 17.7 Å². The van der Waals surface area contributed by atoms with Crippen molar-refractivity contribution in [1.82, 2.24) is 0 Å². The summed E-state index contributed by atoms with van der Waals surface area (Å²) in [6.07, 6.45) is 8.34. The molecule has 0 radical (unpaired) electrons. The van der Waals surface area contributed by atoms with Crippen LogP contribution in [0.2, 0.25) is 0 Å². The highest BCUT2D eigenvalue weighted by molar-refractivity contribution is 8.07. The van der Waals surface area contributed by atoms with E-state index in [9.17, 15) is 4.79 Å². The highest BCUT2D eigenvalue weighted by atomic mass is 32.2. The predicted molar refractivity (Wildman–Crippen MR) is 104 cm³/mol. The highest BCUT2D eigenvalue weighted by Gasteiger charge is 2.49. The normalized spacial score (nSPS) is 33.5. The van der Waals surface area contributed by atoms with Gasteiger partial charge in [0.05, 0.1) is 5.92 Å². The van der Waals surface area contributed by atoms with Gasteiger partial charge in [-0.1, -0.05) is 26.0 Å². The summed E-state index contributed by atoms with van der Waals surface area (Å²) in [4.78, 5) is 12.6. The molecule has 1 heterocycles. The third kappa shape index (κ3) is 4.24. The molecule has 3 fully saturated rings. The molecule has 0 bridgehead atoms. The van der Waals surface area contributed by atoms with Gasteiger partial charge in [-0.3, -0.25) is 4.79 Å². The minimum atomic E-state index is -0.000969. The Bertz CT molecular complexity index is 609. The summed E-state index contributed by atoms with van der Waals surface area (Å²) in [6.45, 7) is 4.50. The fourth-order valence-corrected chi connectivity index (χ4v) is 6.01. The summed E-state index contributed by atoms with van der Waals surface area (Å²) in [5.41, 5.74) is 1.33. The zero-order valence-corrected chi connectivity index (χ0v) is 16.3. The fraction of sp³-hybridized carbons (Fsp3) is 0.682. The molecular formula is C22H30O2S. The van der Waals surface area contributed by atoms with Gasteiger partial charge >= 0.3 is 5.97 Å². The number of benzene rings is 1. The van der Waals surface area contributed by atoms with Crippen LogP contribution in [-0.4, -0.2) is 16.5 Å². The SMILES string of the molecule is CC(C)CCc1ccc(OC(=O)C2CCC3CC4SC4CC3C2)cc1. The predicted octanol–water partition coefficient (Wildman–Crippen LogP) is 5.49. The average Bonchev–Trinajstić information content (AvgIpc) is 3.36. The lowest BCUT2D eigenvalue weighted by Gasteiger charge is -2.37. The monoisotopic (exact) mass is 358 g/mol. The number of carbonyl (C=O) groups excluding carboxylic acids is 1. The average molecular weight is 359 g/mol. The molecule has 3 heteroatoms. The number of carbonyl (C=O) groups is 1. The molecule has 1 aromatic carbocycles. The van der Waals surface area contributed by atoms with E-state index in [0.717, 1.165) is 47.5 Å². The van der Waals surface area contributed by atoms with Gasteiger partial charge in [0.1, 0.15) is 5.75 Å². The van der Waals surface area contributed by atoms with Crippen molar-refractivity contribution in [3.8, 4) is 5.75 Å². The van der Waals surface area contributed by atoms with Crippen molar-refractivity contribution in [2.45, 2.75) is 69.3 Å². The van der Waals surface area contributed by atoms with Crippen LogP contribution in [0.1, 0.15) is 57.9 Å². The molecule has 0 spiro atoms. The van der Waals surface area contributed by atoms with Gasteiger partial charge in [-0.05, 0) is 80.4 Å². The zero-order chi connectivity index (χ0) is 17.4. The standard InChI is InChI=1S/C22H30O2S/c1-14(2)3-4-15-5-9-19(10-6-15)24-22(23)17-8-7-16-12-20-21(25-20)13-18(16)11-17/h5-6,9-10,14,16-18,20-21H,3-4,7-8,11-13H2,1-2H3. The molecule has 1 aromatic rings. The summed E-state index contributed by atoms with van der Waals surface area (Å²) in [7, 11) is 0. The zero-order valence-electron chi connectivity index (χ0n) is 15.4. The maximum Gasteiger partial charge on any atom is 0.314 e. The quantitative estimate of drug-likeness (QED) is 0.395. The van der Waals surface area contributed by atoms with Crippen LogP contribution in [0, 0.1) is 23.7 Å². The van der Waals surface area contributed by atoms with Crippen molar-refractivity contribution in [2.75, 3.05) is 0 Å². The van der Waals surface area contributed by atoms with Gasteiger partial charge in [0.25, 0.3) is 0 Å². The van der Waals surface area contributed by atoms with E-state index in [1.54, 1.807) is 0 Å². The van der Waals surface area contributed by atoms with Crippen LogP contribution in [0.25, 0.3) is 0 Å². The summed E-state index contributed by atoms with van der Waals surface area (Å²) in [5.74, 6) is 3.18. The van der Waals surface area contributed by atoms with Gasteiger partial charge in [0.2, 0.25) is 0 Å². The Hall–Kier alpha value is -0.960. The van der Waals surface area contributed by atoms with E-state index < -0.39 is 0 Å². The number of fused-ring (bicyclic) bond motifs is 2. The van der Waals surface area contributed by atoms with Crippen molar-refractivity contribution in [3.05, 3.63) is 29.8 Å². The molecule has 1 saturated heterocycles. The number of hydrogen-bond donors (Lipinski definition) is 0. The van der Waals surface area contributed by atoms with Gasteiger partial charge in [0, 0.05) is 10.5 Å². The fourth-order valence-electron chi connectivity index (χ4n) is 4.71. The van der Waals surface area contributed by atoms with E-state index in [4.69, 9.17) is 4.74 Å². The van der Waals surface area contributed by atoms with Gasteiger partial charge < -0.3 is 4.74 Å². The molecule has 1 aliphatic heterocycles. The minimum absolute atomic E-state index is 0.000969. The van der Waals surface area contributed by atoms with Crippen molar-refractivity contribution in [2.24, 2.45) is 23.7 Å². The van der Waals surface area contributed by atoms with Crippen molar-refractivity contribution in [1.29, 1.82) is 0 Å². The van der Waals surface area contributed by atoms with Crippen molar-refractivity contribution in [3.63, 3.8) is 0 Å². The van der Waals surface area contributed by atoms with E-state index in [2.05, 4.69) is 37.7 Å². The van der Waals surface area contributed by atoms with E-state index in [0.29, 0.717) is 5.75 Å². The van der Waals surface area contributed by atoms with Crippen LogP contribution < -0.4 is 4.74 Å². The Morgan fingerprint density at radius 2 is 1.80 bits per heavy atom. The van der Waals surface area contributed by atoms with Crippen LogP contribution in [0.4, 0.5) is 0 Å². The smallest absolute Gasteiger partial charge is 0.314 e. The maximum absolute atomic E-state index is 12.6. The highest BCUT2D eigenvalue weighted by Crippen LogP contribution is 2.57. The van der Waals surface area contributed by atoms with E-state index >= 15 is 0 Å². The first kappa shape index (κ1) is 17.5. The number of esters is 1. The maximum atomic E-state index is 12.6. The number of ether oxygens (including phenoxy) is 1. The Labute approximate surface area is 156 Å². The molecule has 0 N–H and O–H groups in total. The Morgan fingerprint density at radius 3 is 2.52 bits per heavy atom. The second-order valence-electron chi connectivity index (χ2n) is 8.71. The second-order valence-corrected chi connectivity index (χ2v) is 10.2. The summed E-state index contributed by atoms with van der Waals surface area (Å²) >= 11 is 2.17. The Morgan fingerprint density at radius 1 is 1.08 bits per heavy atom. The number of aryl methyl sites for hydroxylation is 1. The third-order valence-corrected chi connectivity index (χ3v) is 7.81. The molecule has 2 nitrogen and oxygen atoms in total. The van der Waals surface area contributed by atoms with E-state index in [1.165, 1.54) is 31.2 Å². The molecule has 4 rings (SSSR count). The molecule has 136 valence electrons. The summed E-state index contributed by atoms with van der Waals surface area (Å²) in [6, 6.07) is 8.14. The summed E-state index contributed by atoms with van der Waals surface area (Å²) < 4.78 is 5.71. The van der Waals surface area contributed by atoms with Gasteiger partial charge in [-0.2, -0.15) is 11.8 Å². The van der Waals surface area contributed by atoms with Crippen LogP contribution >= 0.6 is 11.8 Å². The molecule has 0 aromatic heterocycles. The topological polar surface area (TPSA) is 26.3 Å². The number of hydrogen-bond acceptors (Lipinski definition) is 3. The molecule has 0 amide bonds. The Balaban J connectivity index is 1.29. The second kappa shape index (κ2) is 7.34.